The van der Waals surface area contributed by atoms with Gasteiger partial charge in [0.15, 0.2) is 11.5 Å². The van der Waals surface area contributed by atoms with Gasteiger partial charge in [0.05, 0.1) is 12.4 Å². The van der Waals surface area contributed by atoms with E-state index in [1.165, 1.54) is 13.0 Å². The molecule has 0 fully saturated rings. The number of carbonyl (C=O) groups excluding carboxylic acids is 1. The van der Waals surface area contributed by atoms with Gasteiger partial charge in [0.2, 0.25) is 19.3 Å². The lowest BCUT2D eigenvalue weighted by atomic mass is 10.1. The van der Waals surface area contributed by atoms with Gasteiger partial charge in [-0.15, -0.1) is 10.2 Å². The number of carbonyl (C=O) groups is 1. The summed E-state index contributed by atoms with van der Waals surface area (Å²) in [5, 5.41) is 19.2. The van der Waals surface area contributed by atoms with E-state index < -0.39 is 15.7 Å². The first-order chi connectivity index (χ1) is 17.7. The maximum absolute atomic E-state index is 12.6. The van der Waals surface area contributed by atoms with Crippen LogP contribution < -0.4 is 19.5 Å². The summed E-state index contributed by atoms with van der Waals surface area (Å²) in [6.45, 7) is 6.30. The minimum absolute atomic E-state index is 0.0233. The number of nitrogens with zero attached hydrogens (tertiary/aromatic N) is 3. The molecule has 3 rings (SSSR count). The van der Waals surface area contributed by atoms with E-state index in [-0.39, 0.29) is 27.4 Å². The number of aromatic nitrogens is 2. The smallest absolute Gasteiger partial charge is 0.268 e. The van der Waals surface area contributed by atoms with Gasteiger partial charge in [0.1, 0.15) is 30.6 Å². The largest absolute Gasteiger partial charge is 0.490 e. The van der Waals surface area contributed by atoms with Crippen LogP contribution in [0.15, 0.2) is 52.4 Å². The van der Waals surface area contributed by atoms with Crippen molar-refractivity contribution in [2.45, 2.75) is 25.1 Å². The normalized spacial score (nSPS) is 11.5. The Bertz CT molecular complexity index is 1430. The van der Waals surface area contributed by atoms with Gasteiger partial charge >= 0.3 is 0 Å². The van der Waals surface area contributed by atoms with Gasteiger partial charge in [-0.05, 0) is 55.3 Å². The molecule has 0 bridgehead atoms. The number of nitrogens with one attached hydrogen (secondary N) is 1. The van der Waals surface area contributed by atoms with Crippen LogP contribution >= 0.6 is 11.3 Å². The Morgan fingerprint density at radius 2 is 1.86 bits per heavy atom. The number of nitriles is 1. The van der Waals surface area contributed by atoms with Crippen molar-refractivity contribution in [2.75, 3.05) is 30.9 Å². The summed E-state index contributed by atoms with van der Waals surface area (Å²) in [6, 6.07) is 14.6. The molecule has 1 aromatic heterocycles. The Labute approximate surface area is 219 Å². The Morgan fingerprint density at radius 3 is 2.57 bits per heavy atom. The number of amides is 1. The number of benzene rings is 2. The average molecular weight is 543 g/mol. The first-order valence-corrected chi connectivity index (χ1v) is 13.8. The van der Waals surface area contributed by atoms with Crippen LogP contribution in [0.4, 0.5) is 5.13 Å². The zero-order valence-corrected chi connectivity index (χ0v) is 22.2. The van der Waals surface area contributed by atoms with Crippen molar-refractivity contribution in [3.8, 4) is 23.3 Å². The molecular weight excluding hydrogens is 516 g/mol. The molecule has 1 N–H and O–H groups in total. The lowest BCUT2D eigenvalue weighted by molar-refractivity contribution is -0.112. The van der Waals surface area contributed by atoms with Crippen LogP contribution in [0.2, 0.25) is 0 Å². The molecule has 1 amide bonds. The number of ether oxygens (including phenoxy) is 3. The lowest BCUT2D eigenvalue weighted by Gasteiger charge is -2.13. The van der Waals surface area contributed by atoms with E-state index in [9.17, 15) is 18.5 Å². The van der Waals surface area contributed by atoms with Gasteiger partial charge in [-0.3, -0.25) is 10.1 Å². The fraction of sp³-hybridized carbons (Fsp3) is 0.280. The zero-order chi connectivity index (χ0) is 26.8. The van der Waals surface area contributed by atoms with E-state index in [4.69, 9.17) is 14.2 Å². The second-order valence-corrected chi connectivity index (χ2v) is 11.0. The minimum atomic E-state index is -3.55. The van der Waals surface area contributed by atoms with Crippen molar-refractivity contribution in [1.82, 2.24) is 10.2 Å². The number of aryl methyl sites for hydroxylation is 1. The van der Waals surface area contributed by atoms with Crippen molar-refractivity contribution >= 4 is 38.3 Å². The molecule has 0 atom stereocenters. The van der Waals surface area contributed by atoms with E-state index in [1.54, 1.807) is 18.2 Å². The monoisotopic (exact) mass is 542 g/mol. The van der Waals surface area contributed by atoms with E-state index >= 15 is 0 Å². The van der Waals surface area contributed by atoms with Crippen LogP contribution in [-0.2, 0) is 14.6 Å². The highest BCUT2D eigenvalue weighted by molar-refractivity contribution is 7.93. The van der Waals surface area contributed by atoms with Crippen molar-refractivity contribution in [3.63, 3.8) is 0 Å². The molecule has 0 spiro atoms. The third-order valence-electron chi connectivity index (χ3n) is 4.82. The third-order valence-corrected chi connectivity index (χ3v) is 7.83. The van der Waals surface area contributed by atoms with Gasteiger partial charge in [-0.1, -0.05) is 36.5 Å². The number of hydrogen-bond acceptors (Lipinski definition) is 10. The van der Waals surface area contributed by atoms with Gasteiger partial charge < -0.3 is 14.2 Å². The Morgan fingerprint density at radius 1 is 1.08 bits per heavy atom. The van der Waals surface area contributed by atoms with Crippen molar-refractivity contribution < 1.29 is 27.4 Å². The van der Waals surface area contributed by atoms with Crippen molar-refractivity contribution in [2.24, 2.45) is 0 Å². The van der Waals surface area contributed by atoms with Crippen LogP contribution in [0.25, 0.3) is 6.08 Å². The van der Waals surface area contributed by atoms with E-state index in [0.29, 0.717) is 30.3 Å². The Kier molecular flexibility index (Phi) is 9.59. The maximum Gasteiger partial charge on any atom is 0.268 e. The third kappa shape index (κ3) is 7.77. The topological polar surface area (TPSA) is 140 Å². The van der Waals surface area contributed by atoms with Gasteiger partial charge in [0, 0.05) is 0 Å². The van der Waals surface area contributed by atoms with Crippen LogP contribution in [0.3, 0.4) is 0 Å². The molecule has 2 aromatic carbocycles. The molecule has 194 valence electrons. The fourth-order valence-electron chi connectivity index (χ4n) is 3.01. The number of anilines is 1. The molecule has 0 radical (unpaired) electrons. The molecule has 12 heteroatoms. The summed E-state index contributed by atoms with van der Waals surface area (Å²) >= 11 is 0.721. The molecule has 37 heavy (non-hydrogen) atoms. The molecular formula is C25H26N4O6S2. The molecule has 0 saturated carbocycles. The van der Waals surface area contributed by atoms with Gasteiger partial charge in [-0.25, -0.2) is 8.42 Å². The summed E-state index contributed by atoms with van der Waals surface area (Å²) < 4.78 is 40.8. The van der Waals surface area contributed by atoms with Crippen molar-refractivity contribution in [1.29, 1.82) is 5.26 Å². The SMILES string of the molecule is CCOc1cc(/C=C(/C#N)C(=O)Nc2nnc(S(=O)(=O)CC)s2)ccc1OCCOc1cccc(C)c1. The van der Waals surface area contributed by atoms with Crippen LogP contribution in [-0.4, -0.2) is 50.1 Å². The first kappa shape index (κ1) is 27.6. The standard InChI is InChI=1S/C25H26N4O6S2/c1-4-33-22-15-18(9-10-21(22)35-12-11-34-20-8-6-7-17(3)13-20)14-19(16-26)23(30)27-24-28-29-25(36-24)37(31,32)5-2/h6-10,13-15H,4-5,11-12H2,1-3H3,(H,27,28,30)/b19-14-. The maximum atomic E-state index is 12.6. The van der Waals surface area contributed by atoms with Gasteiger partial charge in [0.25, 0.3) is 5.91 Å². The Hall–Kier alpha value is -3.95. The lowest BCUT2D eigenvalue weighted by Crippen LogP contribution is -2.13. The van der Waals surface area contributed by atoms with E-state index in [1.807, 2.05) is 44.2 Å². The molecule has 0 saturated heterocycles. The second-order valence-electron chi connectivity index (χ2n) is 7.55. The number of hydrogen-bond donors (Lipinski definition) is 1. The fourth-order valence-corrected chi connectivity index (χ4v) is 4.99. The molecule has 10 nitrogen and oxygen atoms in total. The van der Waals surface area contributed by atoms with E-state index in [2.05, 4.69) is 15.5 Å². The number of sulfone groups is 1. The molecule has 0 aliphatic heterocycles. The van der Waals surface area contributed by atoms with Crippen LogP contribution in [0.5, 0.6) is 17.2 Å². The zero-order valence-electron chi connectivity index (χ0n) is 20.6. The van der Waals surface area contributed by atoms with E-state index in [0.717, 1.165) is 22.6 Å². The highest BCUT2D eigenvalue weighted by Crippen LogP contribution is 2.30. The summed E-state index contributed by atoms with van der Waals surface area (Å²) in [6.07, 6.45) is 1.38. The highest BCUT2D eigenvalue weighted by Gasteiger charge is 2.20. The molecule has 0 aliphatic rings. The predicted molar refractivity (Wildman–Crippen MR) is 140 cm³/mol. The highest BCUT2D eigenvalue weighted by atomic mass is 32.2. The van der Waals surface area contributed by atoms with Crippen molar-refractivity contribution in [3.05, 3.63) is 59.2 Å². The first-order valence-electron chi connectivity index (χ1n) is 11.3. The second kappa shape index (κ2) is 12.8. The molecule has 3 aromatic rings. The summed E-state index contributed by atoms with van der Waals surface area (Å²) in [5.41, 5.74) is 1.42. The number of rotatable bonds is 12. The van der Waals surface area contributed by atoms with Crippen LogP contribution in [0.1, 0.15) is 25.0 Å². The summed E-state index contributed by atoms with van der Waals surface area (Å²) in [7, 11) is -3.55. The average Bonchev–Trinajstić information content (AvgIpc) is 3.35. The Balaban J connectivity index is 1.68. The molecule has 0 unspecified atom stereocenters. The minimum Gasteiger partial charge on any atom is -0.490 e. The molecule has 0 aliphatic carbocycles. The summed E-state index contributed by atoms with van der Waals surface area (Å²) in [5.74, 6) is 0.816. The van der Waals surface area contributed by atoms with Gasteiger partial charge in [-0.2, -0.15) is 5.26 Å². The predicted octanol–water partition coefficient (Wildman–Crippen LogP) is 4.04. The van der Waals surface area contributed by atoms with Crippen LogP contribution in [0, 0.1) is 18.3 Å². The molecule has 1 heterocycles. The summed E-state index contributed by atoms with van der Waals surface area (Å²) in [4.78, 5) is 12.6. The quantitative estimate of drug-likeness (QED) is 0.155.